The smallest absolute Gasteiger partial charge is 0.326 e. The van der Waals surface area contributed by atoms with Crippen LogP contribution in [0.5, 0.6) is 0 Å². The van der Waals surface area contributed by atoms with E-state index in [1.165, 1.54) is 0 Å². The van der Waals surface area contributed by atoms with Gasteiger partial charge in [0.2, 0.25) is 0 Å². The van der Waals surface area contributed by atoms with Crippen molar-refractivity contribution in [3.05, 3.63) is 0 Å². The number of nitrogens with one attached hydrogen (secondary N) is 1. The second kappa shape index (κ2) is 6.47. The van der Waals surface area contributed by atoms with E-state index in [0.29, 0.717) is 13.1 Å². The number of hydrogen-bond donors (Lipinski definition) is 2. The van der Waals surface area contributed by atoms with Crippen LogP contribution in [0.2, 0.25) is 0 Å². The van der Waals surface area contributed by atoms with E-state index in [2.05, 4.69) is 5.32 Å². The third kappa shape index (κ3) is 5.06. The Morgan fingerprint density at radius 2 is 1.82 bits per heavy atom. The highest BCUT2D eigenvalue weighted by Crippen LogP contribution is 2.19. The van der Waals surface area contributed by atoms with Crippen molar-refractivity contribution in [3.8, 4) is 0 Å². The lowest BCUT2D eigenvalue weighted by Crippen LogP contribution is -2.53. The van der Waals surface area contributed by atoms with Crippen molar-refractivity contribution < 1.29 is 14.7 Å². The van der Waals surface area contributed by atoms with Gasteiger partial charge in [0.05, 0.1) is 0 Å². The van der Waals surface area contributed by atoms with Crippen molar-refractivity contribution in [3.63, 3.8) is 0 Å². The molecule has 0 fully saturated rings. The van der Waals surface area contributed by atoms with E-state index in [0.717, 1.165) is 6.42 Å². The molecule has 2 amide bonds. The largest absolute Gasteiger partial charge is 0.480 e. The summed E-state index contributed by atoms with van der Waals surface area (Å²) in [6.07, 6.45) is 0.856. The molecule has 0 saturated carbocycles. The minimum atomic E-state index is -1.00. The number of urea groups is 1. The first kappa shape index (κ1) is 15.7. The average Bonchev–Trinajstić information content (AvgIpc) is 2.19. The van der Waals surface area contributed by atoms with Gasteiger partial charge < -0.3 is 15.3 Å². The normalized spacial score (nSPS) is 13.0. The first-order chi connectivity index (χ1) is 7.73. The molecule has 0 bridgehead atoms. The lowest BCUT2D eigenvalue weighted by molar-refractivity contribution is -0.142. The SMILES string of the molecule is CCCN(CC)C(=O)N[C@@H](C(=O)O)C(C)(C)C. The molecule has 5 heteroatoms. The van der Waals surface area contributed by atoms with E-state index in [4.69, 9.17) is 5.11 Å². The van der Waals surface area contributed by atoms with Crippen LogP contribution in [-0.2, 0) is 4.79 Å². The molecule has 0 aliphatic rings. The van der Waals surface area contributed by atoms with Gasteiger partial charge in [0.25, 0.3) is 0 Å². The molecule has 0 radical (unpaired) electrons. The fourth-order valence-corrected chi connectivity index (χ4v) is 1.54. The maximum atomic E-state index is 11.9. The number of carbonyl (C=O) groups is 2. The van der Waals surface area contributed by atoms with Crippen LogP contribution >= 0.6 is 0 Å². The summed E-state index contributed by atoms with van der Waals surface area (Å²) >= 11 is 0. The second-order valence-electron chi connectivity index (χ2n) is 5.17. The zero-order chi connectivity index (χ0) is 13.6. The number of nitrogens with zero attached hydrogens (tertiary/aromatic N) is 1. The monoisotopic (exact) mass is 244 g/mol. The molecular formula is C12H24N2O3. The Morgan fingerprint density at radius 3 is 2.12 bits per heavy atom. The number of carboxylic acids is 1. The standard InChI is InChI=1S/C12H24N2O3/c1-6-8-14(7-2)11(17)13-9(10(15)16)12(3,4)5/h9H,6-8H2,1-5H3,(H,13,17)(H,15,16)/t9-/m0/s1. The van der Waals surface area contributed by atoms with Gasteiger partial charge in [-0.2, -0.15) is 0 Å². The van der Waals surface area contributed by atoms with Crippen LogP contribution < -0.4 is 5.32 Å². The van der Waals surface area contributed by atoms with Crippen LogP contribution in [-0.4, -0.2) is 41.1 Å². The van der Waals surface area contributed by atoms with Crippen molar-refractivity contribution in [2.75, 3.05) is 13.1 Å². The molecule has 0 aromatic carbocycles. The number of rotatable bonds is 5. The Balaban J connectivity index is 4.66. The van der Waals surface area contributed by atoms with Gasteiger partial charge in [0.1, 0.15) is 6.04 Å². The molecule has 17 heavy (non-hydrogen) atoms. The number of amides is 2. The molecule has 2 N–H and O–H groups in total. The average molecular weight is 244 g/mol. The van der Waals surface area contributed by atoms with Crippen molar-refractivity contribution in [2.24, 2.45) is 5.41 Å². The minimum Gasteiger partial charge on any atom is -0.480 e. The maximum Gasteiger partial charge on any atom is 0.326 e. The molecule has 0 rings (SSSR count). The minimum absolute atomic E-state index is 0.309. The van der Waals surface area contributed by atoms with E-state index in [1.54, 1.807) is 25.7 Å². The Morgan fingerprint density at radius 1 is 1.29 bits per heavy atom. The van der Waals surface area contributed by atoms with Crippen LogP contribution in [0.3, 0.4) is 0 Å². The molecule has 0 spiro atoms. The maximum absolute atomic E-state index is 11.9. The summed E-state index contributed by atoms with van der Waals surface area (Å²) in [4.78, 5) is 24.6. The van der Waals surface area contributed by atoms with Gasteiger partial charge in [0.15, 0.2) is 0 Å². The number of aliphatic carboxylic acids is 1. The van der Waals surface area contributed by atoms with Gasteiger partial charge in [-0.05, 0) is 18.8 Å². The van der Waals surface area contributed by atoms with Crippen LogP contribution in [0.25, 0.3) is 0 Å². The molecule has 0 saturated heterocycles. The summed E-state index contributed by atoms with van der Waals surface area (Å²) < 4.78 is 0. The van der Waals surface area contributed by atoms with Crippen LogP contribution in [0.1, 0.15) is 41.0 Å². The molecule has 0 aliphatic heterocycles. The first-order valence-corrected chi connectivity index (χ1v) is 6.02. The third-order valence-corrected chi connectivity index (χ3v) is 2.54. The van der Waals surface area contributed by atoms with Crippen LogP contribution in [0.4, 0.5) is 4.79 Å². The highest BCUT2D eigenvalue weighted by atomic mass is 16.4. The highest BCUT2D eigenvalue weighted by molar-refractivity contribution is 5.83. The Hall–Kier alpha value is -1.26. The Bertz CT molecular complexity index is 271. The predicted octanol–water partition coefficient (Wildman–Crippen LogP) is 1.93. The van der Waals surface area contributed by atoms with Gasteiger partial charge in [-0.25, -0.2) is 9.59 Å². The number of carbonyl (C=O) groups excluding carboxylic acids is 1. The summed E-state index contributed by atoms with van der Waals surface area (Å²) in [6.45, 7) is 10.5. The van der Waals surface area contributed by atoms with Crippen molar-refractivity contribution in [2.45, 2.75) is 47.1 Å². The highest BCUT2D eigenvalue weighted by Gasteiger charge is 2.33. The summed E-state index contributed by atoms with van der Waals surface area (Å²) in [6, 6.07) is -1.18. The molecule has 1 atom stereocenters. The molecular weight excluding hydrogens is 220 g/mol. The summed E-state index contributed by atoms with van der Waals surface area (Å²) in [7, 11) is 0. The van der Waals surface area contributed by atoms with Crippen molar-refractivity contribution >= 4 is 12.0 Å². The van der Waals surface area contributed by atoms with Crippen LogP contribution in [0.15, 0.2) is 0 Å². The van der Waals surface area contributed by atoms with E-state index in [9.17, 15) is 9.59 Å². The molecule has 0 unspecified atom stereocenters. The predicted molar refractivity (Wildman–Crippen MR) is 66.9 cm³/mol. The summed E-state index contributed by atoms with van der Waals surface area (Å²) in [5.74, 6) is -1.00. The molecule has 0 aromatic rings. The zero-order valence-electron chi connectivity index (χ0n) is 11.4. The van der Waals surface area contributed by atoms with Crippen molar-refractivity contribution in [1.82, 2.24) is 10.2 Å². The van der Waals surface area contributed by atoms with Crippen LogP contribution in [0, 0.1) is 5.41 Å². The van der Waals surface area contributed by atoms with Crippen molar-refractivity contribution in [1.29, 1.82) is 0 Å². The summed E-state index contributed by atoms with van der Waals surface area (Å²) in [5.41, 5.74) is -0.507. The lowest BCUT2D eigenvalue weighted by Gasteiger charge is -2.30. The zero-order valence-corrected chi connectivity index (χ0v) is 11.4. The molecule has 0 heterocycles. The molecule has 5 nitrogen and oxygen atoms in total. The number of carboxylic acid groups (broad SMARTS) is 1. The third-order valence-electron chi connectivity index (χ3n) is 2.54. The van der Waals surface area contributed by atoms with E-state index >= 15 is 0 Å². The van der Waals surface area contributed by atoms with Gasteiger partial charge in [0, 0.05) is 13.1 Å². The molecule has 0 aromatic heterocycles. The first-order valence-electron chi connectivity index (χ1n) is 6.02. The van der Waals surface area contributed by atoms with E-state index in [-0.39, 0.29) is 6.03 Å². The second-order valence-corrected chi connectivity index (χ2v) is 5.17. The number of hydrogen-bond acceptors (Lipinski definition) is 2. The van der Waals surface area contributed by atoms with Gasteiger partial charge in [-0.1, -0.05) is 27.7 Å². The lowest BCUT2D eigenvalue weighted by atomic mass is 9.87. The van der Waals surface area contributed by atoms with Gasteiger partial charge >= 0.3 is 12.0 Å². The van der Waals surface area contributed by atoms with E-state index < -0.39 is 17.4 Å². The quantitative estimate of drug-likeness (QED) is 0.776. The van der Waals surface area contributed by atoms with Gasteiger partial charge in [-0.15, -0.1) is 0 Å². The molecule has 0 aliphatic carbocycles. The topological polar surface area (TPSA) is 69.6 Å². The van der Waals surface area contributed by atoms with Gasteiger partial charge in [-0.3, -0.25) is 0 Å². The van der Waals surface area contributed by atoms with E-state index in [1.807, 2.05) is 13.8 Å². The Kier molecular flexibility index (Phi) is 5.99. The fourth-order valence-electron chi connectivity index (χ4n) is 1.54. The fraction of sp³-hybridized carbons (Fsp3) is 0.833. The Labute approximate surface area is 103 Å². The molecule has 100 valence electrons. The summed E-state index contributed by atoms with van der Waals surface area (Å²) in [5, 5.41) is 11.7.